The molecule has 1 aromatic carbocycles. The molecule has 0 aliphatic carbocycles. The van der Waals surface area contributed by atoms with Gasteiger partial charge in [0.15, 0.2) is 0 Å². The highest BCUT2D eigenvalue weighted by Crippen LogP contribution is 2.25. The first-order valence-corrected chi connectivity index (χ1v) is 6.58. The molecular formula is C14H18N2O2. The van der Waals surface area contributed by atoms with E-state index in [1.165, 1.54) is 0 Å². The largest absolute Gasteiger partial charge is 0.380 e. The molecule has 0 bridgehead atoms. The maximum Gasteiger partial charge on any atom is 0.227 e. The van der Waals surface area contributed by atoms with Gasteiger partial charge >= 0.3 is 0 Å². The first-order valence-electron chi connectivity index (χ1n) is 6.58. The number of nitrogens with zero attached hydrogens (tertiary/aromatic N) is 1. The summed E-state index contributed by atoms with van der Waals surface area (Å²) in [5.74, 6) is 0.233. The molecule has 1 amide bonds. The third kappa shape index (κ3) is 2.34. The van der Waals surface area contributed by atoms with E-state index in [9.17, 15) is 4.79 Å². The van der Waals surface area contributed by atoms with Crippen molar-refractivity contribution < 1.29 is 9.53 Å². The van der Waals surface area contributed by atoms with Crippen molar-refractivity contribution >= 4 is 17.3 Å². The molecule has 4 nitrogen and oxygen atoms in total. The van der Waals surface area contributed by atoms with Gasteiger partial charge in [0.1, 0.15) is 0 Å². The Kier molecular flexibility index (Phi) is 3.19. The first kappa shape index (κ1) is 11.5. The SMILES string of the molecule is O=C1CCCN1c1cccc(NC2CCOC2)c1. The van der Waals surface area contributed by atoms with Crippen LogP contribution in [0.25, 0.3) is 0 Å². The lowest BCUT2D eigenvalue weighted by molar-refractivity contribution is -0.117. The van der Waals surface area contributed by atoms with Crippen molar-refractivity contribution in [1.82, 2.24) is 0 Å². The van der Waals surface area contributed by atoms with Gasteiger partial charge in [-0.2, -0.15) is 0 Å². The second-order valence-electron chi connectivity index (χ2n) is 4.90. The molecule has 0 aromatic heterocycles. The molecule has 18 heavy (non-hydrogen) atoms. The number of benzene rings is 1. The van der Waals surface area contributed by atoms with Gasteiger partial charge in [0.2, 0.25) is 5.91 Å². The van der Waals surface area contributed by atoms with E-state index in [1.54, 1.807) is 0 Å². The van der Waals surface area contributed by atoms with Crippen molar-refractivity contribution in [3.8, 4) is 0 Å². The Labute approximate surface area is 107 Å². The normalized spacial score (nSPS) is 23.7. The Hall–Kier alpha value is -1.55. The van der Waals surface area contributed by atoms with Gasteiger partial charge in [-0.05, 0) is 31.0 Å². The predicted molar refractivity (Wildman–Crippen MR) is 70.9 cm³/mol. The minimum absolute atomic E-state index is 0.233. The quantitative estimate of drug-likeness (QED) is 0.887. The first-order chi connectivity index (χ1) is 8.83. The van der Waals surface area contributed by atoms with Gasteiger partial charge in [0.05, 0.1) is 12.6 Å². The minimum Gasteiger partial charge on any atom is -0.380 e. The zero-order valence-corrected chi connectivity index (χ0v) is 10.4. The summed E-state index contributed by atoms with van der Waals surface area (Å²) in [5, 5.41) is 3.46. The number of hydrogen-bond donors (Lipinski definition) is 1. The Bertz CT molecular complexity index is 441. The van der Waals surface area contributed by atoms with Gasteiger partial charge in [-0.3, -0.25) is 4.79 Å². The molecule has 1 aromatic rings. The number of nitrogens with one attached hydrogen (secondary N) is 1. The van der Waals surface area contributed by atoms with Gasteiger partial charge in [-0.1, -0.05) is 6.07 Å². The lowest BCUT2D eigenvalue weighted by atomic mass is 10.2. The van der Waals surface area contributed by atoms with E-state index in [4.69, 9.17) is 4.74 Å². The topological polar surface area (TPSA) is 41.6 Å². The molecule has 1 atom stereocenters. The monoisotopic (exact) mass is 246 g/mol. The zero-order valence-electron chi connectivity index (χ0n) is 10.4. The number of hydrogen-bond acceptors (Lipinski definition) is 3. The number of carbonyl (C=O) groups excluding carboxylic acids is 1. The standard InChI is InChI=1S/C14H18N2O2/c17-14-5-2-7-16(14)13-4-1-3-11(9-13)15-12-6-8-18-10-12/h1,3-4,9,12,15H,2,5-8,10H2. The highest BCUT2D eigenvalue weighted by Gasteiger charge is 2.22. The van der Waals surface area contributed by atoms with Gasteiger partial charge in [-0.15, -0.1) is 0 Å². The van der Waals surface area contributed by atoms with Crippen molar-refractivity contribution in [2.75, 3.05) is 30.0 Å². The van der Waals surface area contributed by atoms with Crippen LogP contribution in [0.5, 0.6) is 0 Å². The molecule has 4 heteroatoms. The molecule has 2 saturated heterocycles. The van der Waals surface area contributed by atoms with Crippen LogP contribution >= 0.6 is 0 Å². The number of anilines is 2. The van der Waals surface area contributed by atoms with Crippen molar-refractivity contribution in [3.63, 3.8) is 0 Å². The van der Waals surface area contributed by atoms with Crippen molar-refractivity contribution in [3.05, 3.63) is 24.3 Å². The molecule has 0 radical (unpaired) electrons. The minimum atomic E-state index is 0.233. The van der Waals surface area contributed by atoms with E-state index < -0.39 is 0 Å². The van der Waals surface area contributed by atoms with Gasteiger partial charge in [-0.25, -0.2) is 0 Å². The average molecular weight is 246 g/mol. The summed E-state index contributed by atoms with van der Waals surface area (Å²) in [6.45, 7) is 2.45. The molecule has 1 unspecified atom stereocenters. The maximum atomic E-state index is 11.7. The summed E-state index contributed by atoms with van der Waals surface area (Å²) in [5.41, 5.74) is 2.07. The van der Waals surface area contributed by atoms with Crippen LogP contribution in [0.2, 0.25) is 0 Å². The Morgan fingerprint density at radius 2 is 2.33 bits per heavy atom. The number of ether oxygens (including phenoxy) is 1. The van der Waals surface area contributed by atoms with E-state index >= 15 is 0 Å². The highest BCUT2D eigenvalue weighted by atomic mass is 16.5. The Morgan fingerprint density at radius 3 is 3.06 bits per heavy atom. The van der Waals surface area contributed by atoms with Crippen LogP contribution in [0.15, 0.2) is 24.3 Å². The molecule has 2 fully saturated rings. The lowest BCUT2D eigenvalue weighted by Gasteiger charge is -2.18. The van der Waals surface area contributed by atoms with E-state index in [1.807, 2.05) is 23.1 Å². The highest BCUT2D eigenvalue weighted by molar-refractivity contribution is 5.95. The Morgan fingerprint density at radius 1 is 1.39 bits per heavy atom. The van der Waals surface area contributed by atoms with Crippen LogP contribution in [0.3, 0.4) is 0 Å². The number of rotatable bonds is 3. The van der Waals surface area contributed by atoms with Crippen molar-refractivity contribution in [1.29, 1.82) is 0 Å². The summed E-state index contributed by atoms with van der Waals surface area (Å²) in [4.78, 5) is 13.6. The molecule has 3 rings (SSSR count). The molecule has 2 heterocycles. The molecule has 0 spiro atoms. The van der Waals surface area contributed by atoms with Crippen LogP contribution in [0, 0.1) is 0 Å². The maximum absolute atomic E-state index is 11.7. The summed E-state index contributed by atoms with van der Waals surface area (Å²) >= 11 is 0. The fourth-order valence-corrected chi connectivity index (χ4v) is 2.57. The fraction of sp³-hybridized carbons (Fsp3) is 0.500. The second kappa shape index (κ2) is 4.98. The average Bonchev–Trinajstić information content (AvgIpc) is 3.01. The lowest BCUT2D eigenvalue weighted by Crippen LogP contribution is -2.24. The van der Waals surface area contributed by atoms with Crippen molar-refractivity contribution in [2.45, 2.75) is 25.3 Å². The van der Waals surface area contributed by atoms with E-state index in [0.717, 1.165) is 44.0 Å². The smallest absolute Gasteiger partial charge is 0.227 e. The number of carbonyl (C=O) groups is 1. The summed E-state index contributed by atoms with van der Waals surface area (Å²) in [7, 11) is 0. The van der Waals surface area contributed by atoms with Crippen LogP contribution in [0.4, 0.5) is 11.4 Å². The van der Waals surface area contributed by atoms with Crippen molar-refractivity contribution in [2.24, 2.45) is 0 Å². The van der Waals surface area contributed by atoms with E-state index in [0.29, 0.717) is 12.5 Å². The van der Waals surface area contributed by atoms with Crippen LogP contribution in [-0.4, -0.2) is 31.7 Å². The third-order valence-corrected chi connectivity index (χ3v) is 3.53. The Balaban J connectivity index is 1.73. The van der Waals surface area contributed by atoms with Crippen LogP contribution < -0.4 is 10.2 Å². The third-order valence-electron chi connectivity index (χ3n) is 3.53. The summed E-state index contributed by atoms with van der Waals surface area (Å²) in [6, 6.07) is 8.50. The van der Waals surface area contributed by atoms with E-state index in [2.05, 4.69) is 11.4 Å². The molecular weight excluding hydrogens is 228 g/mol. The molecule has 2 aliphatic heterocycles. The van der Waals surface area contributed by atoms with Crippen LogP contribution in [0.1, 0.15) is 19.3 Å². The molecule has 2 aliphatic rings. The summed E-state index contributed by atoms with van der Waals surface area (Å²) < 4.78 is 5.35. The predicted octanol–water partition coefficient (Wildman–Crippen LogP) is 2.01. The van der Waals surface area contributed by atoms with E-state index in [-0.39, 0.29) is 5.91 Å². The fourth-order valence-electron chi connectivity index (χ4n) is 2.57. The summed E-state index contributed by atoms with van der Waals surface area (Å²) in [6.07, 6.45) is 2.69. The van der Waals surface area contributed by atoms with Crippen LogP contribution in [-0.2, 0) is 9.53 Å². The number of amides is 1. The molecule has 96 valence electrons. The van der Waals surface area contributed by atoms with Gasteiger partial charge in [0, 0.05) is 30.9 Å². The molecule has 0 saturated carbocycles. The van der Waals surface area contributed by atoms with Gasteiger partial charge < -0.3 is 15.0 Å². The second-order valence-corrected chi connectivity index (χ2v) is 4.90. The zero-order chi connectivity index (χ0) is 12.4. The molecule has 1 N–H and O–H groups in total. The van der Waals surface area contributed by atoms with Gasteiger partial charge in [0.25, 0.3) is 0 Å².